The topological polar surface area (TPSA) is 37.3 Å². The SMILES string of the molecule is [2H]OC(=O)C([2H])([2H])C([2H])([2H])C([2H])([2H])c1c([2H])c([2H])c([2H])c([2H])c1[2H]. The quantitative estimate of drug-likeness (QED) is 0.762. The minimum absolute atomic E-state index is 0.835. The summed E-state index contributed by atoms with van der Waals surface area (Å²) in [6.45, 7) is 0. The summed E-state index contributed by atoms with van der Waals surface area (Å²) in [5.41, 5.74) is -1.14. The average molecular weight is 176 g/mol. The fraction of sp³-hybridized carbons (Fsp3) is 0.300. The highest BCUT2D eigenvalue weighted by Gasteiger charge is 1.96. The maximum atomic E-state index is 11.3. The van der Waals surface area contributed by atoms with E-state index in [9.17, 15) is 4.79 Å². The zero-order chi connectivity index (χ0) is 19.2. The Hall–Kier alpha value is -1.31. The molecule has 0 amide bonds. The van der Waals surface area contributed by atoms with E-state index < -0.39 is 60.9 Å². The molecule has 0 aliphatic heterocycles. The van der Waals surface area contributed by atoms with Gasteiger partial charge in [0.05, 0.1) is 6.85 Å². The van der Waals surface area contributed by atoms with Crippen molar-refractivity contribution in [3.05, 3.63) is 35.8 Å². The van der Waals surface area contributed by atoms with E-state index in [1.165, 1.54) is 0 Å². The molecule has 0 unspecified atom stereocenters. The predicted octanol–water partition coefficient (Wildman–Crippen LogP) is 2.09. The van der Waals surface area contributed by atoms with E-state index in [0.29, 0.717) is 0 Å². The Labute approximate surface area is 88.8 Å². The summed E-state index contributed by atoms with van der Waals surface area (Å²) in [6.07, 6.45) is -10.9. The normalized spacial score (nSPS) is 27.3. The van der Waals surface area contributed by atoms with Crippen LogP contribution in [0.1, 0.15) is 33.4 Å². The van der Waals surface area contributed by atoms with E-state index in [4.69, 9.17) is 16.5 Å². The van der Waals surface area contributed by atoms with Gasteiger partial charge in [-0.15, -0.1) is 0 Å². The molecule has 12 heavy (non-hydrogen) atoms. The molecule has 2 nitrogen and oxygen atoms in total. The lowest BCUT2D eigenvalue weighted by atomic mass is 10.1. The smallest absolute Gasteiger partial charge is 0.303 e. The van der Waals surface area contributed by atoms with Crippen molar-refractivity contribution in [1.29, 1.82) is 1.43 Å². The third kappa shape index (κ3) is 3.19. The van der Waals surface area contributed by atoms with Gasteiger partial charge in [-0.2, -0.15) is 0 Å². The number of rotatable bonds is 4. The van der Waals surface area contributed by atoms with Gasteiger partial charge in [-0.05, 0) is 18.3 Å². The van der Waals surface area contributed by atoms with Crippen molar-refractivity contribution in [3.8, 4) is 0 Å². The summed E-state index contributed by atoms with van der Waals surface area (Å²) in [5, 5.41) is 3.39. The van der Waals surface area contributed by atoms with Crippen molar-refractivity contribution in [2.24, 2.45) is 0 Å². The first-order chi connectivity index (χ1) is 10.7. The Morgan fingerprint density at radius 1 is 1.58 bits per heavy atom. The van der Waals surface area contributed by atoms with Gasteiger partial charge < -0.3 is 5.11 Å². The Morgan fingerprint density at radius 3 is 3.00 bits per heavy atom. The molecule has 2 heteroatoms. The lowest BCUT2D eigenvalue weighted by Crippen LogP contribution is -1.95. The fourth-order valence-electron chi connectivity index (χ4n) is 0.457. The maximum Gasteiger partial charge on any atom is 0.303 e. The van der Waals surface area contributed by atoms with Crippen LogP contribution in [0.25, 0.3) is 1.43 Å². The minimum atomic E-state index is -3.72. The van der Waals surface area contributed by atoms with Crippen LogP contribution < -0.4 is 0 Å². The van der Waals surface area contributed by atoms with Gasteiger partial charge in [0, 0.05) is 14.6 Å². The first kappa shape index (κ1) is 1.95. The van der Waals surface area contributed by atoms with E-state index in [1.54, 1.807) is 0 Å². The first-order valence-corrected chi connectivity index (χ1v) is 2.91. The Bertz CT molecular complexity index is 654. The molecule has 0 saturated heterocycles. The molecule has 0 aliphatic carbocycles. The maximum absolute atomic E-state index is 11.3. The standard InChI is InChI=1S/C10H12O2/c11-10(12)8-4-7-9-5-2-1-3-6-9/h1-3,5-6H,4,7-8H2,(H,11,12)/i1D,2D,3D,4D2,5D,6D,7D2,8D2/hD. The van der Waals surface area contributed by atoms with Crippen LogP contribution in [0.5, 0.6) is 0 Å². The molecule has 0 radical (unpaired) electrons. The zero-order valence-corrected chi connectivity index (χ0v) is 5.82. The third-order valence-corrected chi connectivity index (χ3v) is 0.852. The Morgan fingerprint density at radius 2 is 2.33 bits per heavy atom. The molecule has 0 atom stereocenters. The monoisotopic (exact) mass is 176 g/mol. The Balaban J connectivity index is 3.76. The second kappa shape index (κ2) is 4.54. The van der Waals surface area contributed by atoms with E-state index in [1.807, 2.05) is 0 Å². The highest BCUT2D eigenvalue weighted by molar-refractivity contribution is 5.66. The fourth-order valence-corrected chi connectivity index (χ4v) is 0.457. The van der Waals surface area contributed by atoms with Gasteiger partial charge in [-0.3, -0.25) is 4.79 Å². The van der Waals surface area contributed by atoms with Gasteiger partial charge >= 0.3 is 5.97 Å². The first-order valence-electron chi connectivity index (χ1n) is 8.82. The number of carbonyl (C=O) groups is 1. The van der Waals surface area contributed by atoms with Crippen LogP contribution >= 0.6 is 0 Å². The summed E-state index contributed by atoms with van der Waals surface area (Å²) < 4.78 is 90.1. The molecule has 0 aromatic heterocycles. The van der Waals surface area contributed by atoms with Gasteiger partial charge in [0.15, 0.2) is 0 Å². The molecule has 0 fully saturated rings. The van der Waals surface area contributed by atoms with Crippen LogP contribution in [-0.2, 0) is 11.2 Å². The molecule has 0 saturated carbocycles. The van der Waals surface area contributed by atoms with Gasteiger partial charge in [-0.1, -0.05) is 30.2 Å². The van der Waals surface area contributed by atoms with E-state index in [2.05, 4.69) is 5.11 Å². The molecule has 1 rings (SSSR count). The molecule has 0 aliphatic rings. The summed E-state index contributed by atoms with van der Waals surface area (Å²) in [6, 6.07) is -4.84. The molecule has 0 bridgehead atoms. The molecule has 1 aromatic carbocycles. The summed E-state index contributed by atoms with van der Waals surface area (Å²) in [7, 11) is 0. The van der Waals surface area contributed by atoms with Crippen molar-refractivity contribution >= 4 is 5.97 Å². The van der Waals surface area contributed by atoms with E-state index >= 15 is 0 Å². The number of carboxylic acids is 1. The molecule has 0 spiro atoms. The summed E-state index contributed by atoms with van der Waals surface area (Å²) in [5.74, 6) is -2.02. The number of hydrogen-bond donors (Lipinski definition) is 1. The van der Waals surface area contributed by atoms with Crippen LogP contribution in [-0.4, -0.2) is 11.1 Å². The minimum Gasteiger partial charge on any atom is -0.481 e. The molecule has 1 N–H and O–H groups in total. The van der Waals surface area contributed by atoms with Crippen molar-refractivity contribution < 1.29 is 25.0 Å². The lowest BCUT2D eigenvalue weighted by Gasteiger charge is -1.97. The van der Waals surface area contributed by atoms with Crippen LogP contribution in [0, 0.1) is 0 Å². The van der Waals surface area contributed by atoms with Gasteiger partial charge in [0.25, 0.3) is 1.43 Å². The molecule has 0 heterocycles. The number of benzene rings is 1. The predicted molar refractivity (Wildman–Crippen MR) is 47.0 cm³/mol. The highest BCUT2D eigenvalue weighted by atomic mass is 16.4. The van der Waals surface area contributed by atoms with Crippen LogP contribution in [0.2, 0.25) is 0 Å². The van der Waals surface area contributed by atoms with Crippen molar-refractivity contribution in [1.82, 2.24) is 0 Å². The van der Waals surface area contributed by atoms with Crippen LogP contribution in [0.3, 0.4) is 0 Å². The summed E-state index contributed by atoms with van der Waals surface area (Å²) >= 11 is 0. The molecular weight excluding hydrogens is 152 g/mol. The van der Waals surface area contributed by atoms with Crippen molar-refractivity contribution in [3.63, 3.8) is 0 Å². The largest absolute Gasteiger partial charge is 0.481 e. The second-order valence-electron chi connectivity index (χ2n) is 1.66. The highest BCUT2D eigenvalue weighted by Crippen LogP contribution is 2.03. The van der Waals surface area contributed by atoms with Gasteiger partial charge in [-0.25, -0.2) is 0 Å². The Kier molecular flexibility index (Phi) is 0.738. The van der Waals surface area contributed by atoms with Gasteiger partial charge in [0.2, 0.25) is 0 Å². The molecule has 1 aromatic rings. The van der Waals surface area contributed by atoms with Crippen LogP contribution in [0.4, 0.5) is 0 Å². The van der Waals surface area contributed by atoms with Gasteiger partial charge in [0.1, 0.15) is 0 Å². The number of aliphatic carboxylic acids is 1. The number of hydrogen-bond acceptors (Lipinski definition) is 2. The lowest BCUT2D eigenvalue weighted by molar-refractivity contribution is -0.137. The zero-order valence-electron chi connectivity index (χ0n) is 17.8. The molecule has 64 valence electrons. The van der Waals surface area contributed by atoms with Crippen LogP contribution in [0.15, 0.2) is 30.2 Å². The number of carboxylic acid groups (broad SMARTS) is 1. The second-order valence-corrected chi connectivity index (χ2v) is 1.66. The van der Waals surface area contributed by atoms with Crippen molar-refractivity contribution in [2.45, 2.75) is 19.1 Å². The average Bonchev–Trinajstić information content (AvgIpc) is 2.49. The van der Waals surface area contributed by atoms with E-state index in [0.717, 1.165) is 0 Å². The third-order valence-electron chi connectivity index (χ3n) is 0.852. The molecular formula is C10H12O2. The van der Waals surface area contributed by atoms with Crippen molar-refractivity contribution in [2.75, 3.05) is 0 Å². The van der Waals surface area contributed by atoms with E-state index in [-0.39, 0.29) is 0 Å². The summed E-state index contributed by atoms with van der Waals surface area (Å²) in [4.78, 5) is 11.3.